The van der Waals surface area contributed by atoms with Gasteiger partial charge in [0, 0.05) is 18.9 Å². The van der Waals surface area contributed by atoms with Gasteiger partial charge in [-0.3, -0.25) is 4.98 Å². The van der Waals surface area contributed by atoms with Gasteiger partial charge in [-0.15, -0.1) is 0 Å². The van der Waals surface area contributed by atoms with E-state index in [1.54, 1.807) is 0 Å². The van der Waals surface area contributed by atoms with Crippen molar-refractivity contribution < 1.29 is 0 Å². The summed E-state index contributed by atoms with van der Waals surface area (Å²) in [6.45, 7) is 4.91. The van der Waals surface area contributed by atoms with Crippen LogP contribution in [0.1, 0.15) is 30.7 Å². The van der Waals surface area contributed by atoms with Gasteiger partial charge >= 0.3 is 0 Å². The third-order valence-electron chi connectivity index (χ3n) is 3.50. The summed E-state index contributed by atoms with van der Waals surface area (Å²) in [7, 11) is 2.18. The highest BCUT2D eigenvalue weighted by molar-refractivity contribution is 5.16. The molecule has 2 fully saturated rings. The standard InChI is InChI=1S/C10H14N2.C4H9N/c1-12-6-4-10(8-12)9-3-2-5-11-7-9;1-2-4-5-3-1/h2-3,5,7,10H,4,6,8H2,1H3;5H,1-4H2. The highest BCUT2D eigenvalue weighted by atomic mass is 15.1. The number of nitrogens with one attached hydrogen (secondary N) is 1. The zero-order valence-corrected chi connectivity index (χ0v) is 10.7. The molecule has 17 heavy (non-hydrogen) atoms. The number of pyridine rings is 1. The molecule has 0 bridgehead atoms. The Bertz CT molecular complexity index is 301. The van der Waals surface area contributed by atoms with Crippen molar-refractivity contribution in [1.29, 1.82) is 0 Å². The SMILES string of the molecule is C1CCNC1.CN1CCC(c2cccnc2)C1. The van der Waals surface area contributed by atoms with Crippen molar-refractivity contribution in [3.8, 4) is 0 Å². The Morgan fingerprint density at radius 2 is 2.18 bits per heavy atom. The van der Waals surface area contributed by atoms with Gasteiger partial charge in [0.25, 0.3) is 0 Å². The van der Waals surface area contributed by atoms with Crippen LogP contribution < -0.4 is 5.32 Å². The van der Waals surface area contributed by atoms with E-state index >= 15 is 0 Å². The second-order valence-electron chi connectivity index (χ2n) is 4.99. The quantitative estimate of drug-likeness (QED) is 0.802. The van der Waals surface area contributed by atoms with Crippen LogP contribution in [0.3, 0.4) is 0 Å². The molecule has 1 aromatic rings. The van der Waals surface area contributed by atoms with Gasteiger partial charge in [-0.05, 0) is 63.5 Å². The van der Waals surface area contributed by atoms with Crippen LogP contribution in [0, 0.1) is 0 Å². The van der Waals surface area contributed by atoms with Crippen molar-refractivity contribution >= 4 is 0 Å². The molecule has 2 aliphatic heterocycles. The highest BCUT2D eigenvalue weighted by Crippen LogP contribution is 2.24. The largest absolute Gasteiger partial charge is 0.317 e. The lowest BCUT2D eigenvalue weighted by Gasteiger charge is -2.09. The number of hydrogen-bond acceptors (Lipinski definition) is 3. The number of likely N-dealkylation sites (tertiary alicyclic amines) is 1. The summed E-state index contributed by atoms with van der Waals surface area (Å²) in [6.07, 6.45) is 7.88. The van der Waals surface area contributed by atoms with E-state index in [4.69, 9.17) is 0 Å². The number of nitrogens with zero attached hydrogens (tertiary/aromatic N) is 2. The van der Waals surface area contributed by atoms with Gasteiger partial charge in [-0.2, -0.15) is 0 Å². The fourth-order valence-corrected chi connectivity index (χ4v) is 2.45. The molecule has 2 aliphatic rings. The van der Waals surface area contributed by atoms with Crippen LogP contribution in [0.25, 0.3) is 0 Å². The number of rotatable bonds is 1. The van der Waals surface area contributed by atoms with Crippen LogP contribution in [-0.2, 0) is 0 Å². The van der Waals surface area contributed by atoms with Gasteiger partial charge in [0.2, 0.25) is 0 Å². The predicted molar refractivity (Wildman–Crippen MR) is 71.2 cm³/mol. The maximum absolute atomic E-state index is 4.14. The molecule has 0 aliphatic carbocycles. The van der Waals surface area contributed by atoms with Crippen molar-refractivity contribution in [2.24, 2.45) is 0 Å². The summed E-state index contributed by atoms with van der Waals surface area (Å²) in [5, 5.41) is 3.22. The molecule has 0 radical (unpaired) electrons. The lowest BCUT2D eigenvalue weighted by molar-refractivity contribution is 0.411. The van der Waals surface area contributed by atoms with Gasteiger partial charge in [0.1, 0.15) is 0 Å². The van der Waals surface area contributed by atoms with E-state index < -0.39 is 0 Å². The summed E-state index contributed by atoms with van der Waals surface area (Å²) in [5.41, 5.74) is 1.39. The van der Waals surface area contributed by atoms with E-state index in [2.05, 4.69) is 28.3 Å². The minimum atomic E-state index is 0.712. The van der Waals surface area contributed by atoms with Crippen molar-refractivity contribution in [3.63, 3.8) is 0 Å². The Morgan fingerprint density at radius 1 is 1.35 bits per heavy atom. The summed E-state index contributed by atoms with van der Waals surface area (Å²) >= 11 is 0. The molecule has 1 unspecified atom stereocenters. The molecule has 0 saturated carbocycles. The highest BCUT2D eigenvalue weighted by Gasteiger charge is 2.20. The topological polar surface area (TPSA) is 28.2 Å². The Hall–Kier alpha value is -0.930. The second kappa shape index (κ2) is 6.72. The molecule has 3 heterocycles. The van der Waals surface area contributed by atoms with Crippen LogP contribution in [0.5, 0.6) is 0 Å². The van der Waals surface area contributed by atoms with Crippen LogP contribution in [0.15, 0.2) is 24.5 Å². The third kappa shape index (κ3) is 4.10. The molecule has 0 spiro atoms. The van der Waals surface area contributed by atoms with Crippen LogP contribution in [0.4, 0.5) is 0 Å². The van der Waals surface area contributed by atoms with E-state index in [0.29, 0.717) is 5.92 Å². The van der Waals surface area contributed by atoms with Gasteiger partial charge < -0.3 is 10.2 Å². The Kier molecular flexibility index (Phi) is 4.95. The van der Waals surface area contributed by atoms with Gasteiger partial charge in [-0.1, -0.05) is 6.07 Å². The van der Waals surface area contributed by atoms with Crippen molar-refractivity contribution in [1.82, 2.24) is 15.2 Å². The monoisotopic (exact) mass is 233 g/mol. The summed E-state index contributed by atoms with van der Waals surface area (Å²) < 4.78 is 0. The normalized spacial score (nSPS) is 24.4. The zero-order valence-electron chi connectivity index (χ0n) is 10.7. The van der Waals surface area contributed by atoms with Crippen LogP contribution in [-0.4, -0.2) is 43.1 Å². The minimum Gasteiger partial charge on any atom is -0.317 e. The van der Waals surface area contributed by atoms with Crippen molar-refractivity contribution in [3.05, 3.63) is 30.1 Å². The first-order valence-electron chi connectivity index (χ1n) is 6.65. The molecule has 3 heteroatoms. The smallest absolute Gasteiger partial charge is 0.0303 e. The maximum Gasteiger partial charge on any atom is 0.0303 e. The van der Waals surface area contributed by atoms with Crippen molar-refractivity contribution in [2.45, 2.75) is 25.2 Å². The molecule has 0 amide bonds. The second-order valence-corrected chi connectivity index (χ2v) is 4.99. The fraction of sp³-hybridized carbons (Fsp3) is 0.643. The van der Waals surface area contributed by atoms with Crippen LogP contribution >= 0.6 is 0 Å². The molecule has 1 aromatic heterocycles. The van der Waals surface area contributed by atoms with E-state index in [0.717, 1.165) is 0 Å². The molecular weight excluding hydrogens is 210 g/mol. The fourth-order valence-electron chi connectivity index (χ4n) is 2.45. The maximum atomic E-state index is 4.14. The third-order valence-corrected chi connectivity index (χ3v) is 3.50. The number of likely N-dealkylation sites (N-methyl/N-ethyl adjacent to an activating group) is 1. The molecule has 94 valence electrons. The minimum absolute atomic E-state index is 0.712. The first-order valence-corrected chi connectivity index (χ1v) is 6.65. The summed E-state index contributed by atoms with van der Waals surface area (Å²) in [6, 6.07) is 4.20. The summed E-state index contributed by atoms with van der Waals surface area (Å²) in [5.74, 6) is 0.712. The molecular formula is C14H23N3. The Labute approximate surface area is 104 Å². The zero-order chi connectivity index (χ0) is 11.9. The molecule has 1 atom stereocenters. The Balaban J connectivity index is 0.000000181. The van der Waals surface area contributed by atoms with E-state index in [1.165, 1.54) is 51.0 Å². The number of hydrogen-bond donors (Lipinski definition) is 1. The number of aromatic nitrogens is 1. The van der Waals surface area contributed by atoms with Gasteiger partial charge in [-0.25, -0.2) is 0 Å². The van der Waals surface area contributed by atoms with Crippen LogP contribution in [0.2, 0.25) is 0 Å². The first kappa shape index (κ1) is 12.5. The molecule has 1 N–H and O–H groups in total. The van der Waals surface area contributed by atoms with E-state index in [9.17, 15) is 0 Å². The Morgan fingerprint density at radius 3 is 2.65 bits per heavy atom. The molecule has 2 saturated heterocycles. The first-order chi connectivity index (χ1) is 8.36. The predicted octanol–water partition coefficient (Wildman–Crippen LogP) is 1.87. The summed E-state index contributed by atoms with van der Waals surface area (Å²) in [4.78, 5) is 6.51. The molecule has 3 rings (SSSR count). The van der Waals surface area contributed by atoms with E-state index in [-0.39, 0.29) is 0 Å². The molecule has 3 nitrogen and oxygen atoms in total. The lowest BCUT2D eigenvalue weighted by atomic mass is 10.0. The van der Waals surface area contributed by atoms with Crippen molar-refractivity contribution in [2.75, 3.05) is 33.2 Å². The van der Waals surface area contributed by atoms with Gasteiger partial charge in [0.05, 0.1) is 0 Å². The van der Waals surface area contributed by atoms with Gasteiger partial charge in [0.15, 0.2) is 0 Å². The molecule has 0 aromatic carbocycles. The average Bonchev–Trinajstić information content (AvgIpc) is 3.04. The van der Waals surface area contributed by atoms with E-state index in [1.807, 2.05) is 18.5 Å². The lowest BCUT2D eigenvalue weighted by Crippen LogP contribution is -2.13. The average molecular weight is 233 g/mol.